The molecule has 2 aliphatic carbocycles. The zero-order valence-corrected chi connectivity index (χ0v) is 15.5. The van der Waals surface area contributed by atoms with Crippen molar-refractivity contribution in [3.63, 3.8) is 0 Å². The standard InChI is InChI=1S/2C6H7.2C2H4O2.2Mn/c2*1-6-4-2-3-5-6;2*1-2(3)4;;/h2*2,4H,3H2,1H3;2*1H3,(H,3,4);;/q2*-1;;;2*+2/p-2. The summed E-state index contributed by atoms with van der Waals surface area (Å²) < 4.78 is 0. The van der Waals surface area contributed by atoms with Crippen LogP contribution in [0.3, 0.4) is 0 Å². The van der Waals surface area contributed by atoms with Crippen molar-refractivity contribution in [1.29, 1.82) is 0 Å². The molecule has 0 saturated carbocycles. The minimum absolute atomic E-state index is 0. The fraction of sp³-hybridized carbons (Fsp3) is 0.375. The third-order valence-electron chi connectivity index (χ3n) is 1.73. The van der Waals surface area contributed by atoms with E-state index in [1.165, 1.54) is 11.1 Å². The Morgan fingerprint density at radius 1 is 0.864 bits per heavy atom. The Kier molecular flexibility index (Phi) is 26.3. The molecular weight excluding hydrogens is 366 g/mol. The average Bonchev–Trinajstić information content (AvgIpc) is 2.91. The van der Waals surface area contributed by atoms with E-state index in [0.717, 1.165) is 26.7 Å². The molecule has 6 heteroatoms. The fourth-order valence-corrected chi connectivity index (χ4v) is 1.03. The third kappa shape index (κ3) is 36.4. The second-order valence-corrected chi connectivity index (χ2v) is 3.92. The van der Waals surface area contributed by atoms with E-state index in [4.69, 9.17) is 19.8 Å². The predicted molar refractivity (Wildman–Crippen MR) is 73.7 cm³/mol. The molecule has 2 aliphatic rings. The molecule has 0 N–H and O–H groups in total. The quantitative estimate of drug-likeness (QED) is 0.458. The fourth-order valence-electron chi connectivity index (χ4n) is 1.03. The van der Waals surface area contributed by atoms with Crippen molar-refractivity contribution in [2.45, 2.75) is 40.5 Å². The SMILES string of the molecule is CC(=O)[O-].CC(=O)[O-].CC1=[C-]CC=C1.CC1=[C-]CC=C1.[Mn+2].[Mn+2]. The van der Waals surface area contributed by atoms with Crippen LogP contribution in [0.2, 0.25) is 0 Å². The first kappa shape index (κ1) is 29.0. The summed E-state index contributed by atoms with van der Waals surface area (Å²) in [5, 5.41) is 17.8. The Bertz CT molecular complexity index is 368. The molecule has 0 fully saturated rings. The van der Waals surface area contributed by atoms with Gasteiger partial charge in [0.2, 0.25) is 0 Å². The Labute approximate surface area is 154 Å². The van der Waals surface area contributed by atoms with E-state index in [-0.39, 0.29) is 34.1 Å². The van der Waals surface area contributed by atoms with Crippen molar-refractivity contribution < 1.29 is 53.9 Å². The number of allylic oxidation sites excluding steroid dienone is 8. The van der Waals surface area contributed by atoms with E-state index in [0.29, 0.717) is 0 Å². The van der Waals surface area contributed by atoms with Gasteiger partial charge in [-0.3, -0.25) is 12.2 Å². The molecule has 0 amide bonds. The van der Waals surface area contributed by atoms with E-state index in [9.17, 15) is 0 Å². The summed E-state index contributed by atoms with van der Waals surface area (Å²) in [4.78, 5) is 17.8. The monoisotopic (exact) mass is 386 g/mol. The van der Waals surface area contributed by atoms with E-state index in [1.54, 1.807) is 0 Å². The molecule has 4 nitrogen and oxygen atoms in total. The molecule has 0 spiro atoms. The van der Waals surface area contributed by atoms with Crippen molar-refractivity contribution in [3.8, 4) is 0 Å². The Morgan fingerprint density at radius 2 is 1.09 bits per heavy atom. The number of rotatable bonds is 0. The minimum atomic E-state index is -1.08. The molecule has 22 heavy (non-hydrogen) atoms. The molecular formula is C16H20Mn2O4. The van der Waals surface area contributed by atoms with Crippen LogP contribution in [-0.2, 0) is 43.7 Å². The molecule has 0 aromatic rings. The molecule has 2 radical (unpaired) electrons. The van der Waals surface area contributed by atoms with E-state index in [1.807, 2.05) is 0 Å². The Morgan fingerprint density at radius 3 is 1.14 bits per heavy atom. The van der Waals surface area contributed by atoms with Crippen LogP contribution in [0.5, 0.6) is 0 Å². The maximum atomic E-state index is 8.89. The van der Waals surface area contributed by atoms with Crippen molar-refractivity contribution in [1.82, 2.24) is 0 Å². The number of carboxylic acids is 2. The van der Waals surface area contributed by atoms with Crippen LogP contribution in [-0.4, -0.2) is 11.9 Å². The van der Waals surface area contributed by atoms with Crippen LogP contribution in [0, 0.1) is 12.2 Å². The van der Waals surface area contributed by atoms with Crippen LogP contribution in [0.25, 0.3) is 0 Å². The predicted octanol–water partition coefficient (Wildman–Crippen LogP) is 0.899. The van der Waals surface area contributed by atoms with Gasteiger partial charge in [-0.2, -0.15) is 12.2 Å². The van der Waals surface area contributed by atoms with Gasteiger partial charge in [-0.1, -0.05) is 13.8 Å². The van der Waals surface area contributed by atoms with Crippen molar-refractivity contribution in [2.24, 2.45) is 0 Å². The summed E-state index contributed by atoms with van der Waals surface area (Å²) in [6.07, 6.45) is 16.7. The van der Waals surface area contributed by atoms with Gasteiger partial charge in [0.1, 0.15) is 0 Å². The molecule has 122 valence electrons. The van der Waals surface area contributed by atoms with Crippen LogP contribution in [0.15, 0.2) is 35.5 Å². The smallest absolute Gasteiger partial charge is 0.550 e. The van der Waals surface area contributed by atoms with Gasteiger partial charge in [-0.15, -0.1) is 12.8 Å². The van der Waals surface area contributed by atoms with Crippen LogP contribution >= 0.6 is 0 Å². The first-order chi connectivity index (χ1) is 9.25. The molecule has 0 unspecified atom stereocenters. The maximum Gasteiger partial charge on any atom is 2.00 e. The van der Waals surface area contributed by atoms with Crippen molar-refractivity contribution in [3.05, 3.63) is 47.6 Å². The first-order valence-electron chi connectivity index (χ1n) is 6.08. The third-order valence-corrected chi connectivity index (χ3v) is 1.73. The number of hydrogen-bond donors (Lipinski definition) is 0. The number of carboxylic acid groups (broad SMARTS) is 2. The first-order valence-corrected chi connectivity index (χ1v) is 6.08. The zero-order chi connectivity index (χ0) is 16.0. The summed E-state index contributed by atoms with van der Waals surface area (Å²) in [7, 11) is 0. The molecule has 0 atom stereocenters. The van der Waals surface area contributed by atoms with Gasteiger partial charge in [0.05, 0.1) is 0 Å². The summed E-state index contributed by atoms with van der Waals surface area (Å²) in [6.45, 7) is 6.06. The van der Waals surface area contributed by atoms with Crippen LogP contribution in [0.1, 0.15) is 40.5 Å². The molecule has 2 rings (SSSR count). The van der Waals surface area contributed by atoms with Crippen molar-refractivity contribution in [2.75, 3.05) is 0 Å². The summed E-state index contributed by atoms with van der Waals surface area (Å²) in [6, 6.07) is 0. The van der Waals surface area contributed by atoms with E-state index < -0.39 is 11.9 Å². The Hall–Kier alpha value is -1.06. The average molecular weight is 386 g/mol. The van der Waals surface area contributed by atoms with Crippen LogP contribution < -0.4 is 10.2 Å². The number of carbonyl (C=O) groups is 2. The van der Waals surface area contributed by atoms with Gasteiger partial charge in [-0.25, -0.2) is 23.3 Å². The number of hydrogen-bond acceptors (Lipinski definition) is 4. The largest absolute Gasteiger partial charge is 2.00 e. The summed E-state index contributed by atoms with van der Waals surface area (Å²) in [5.74, 6) is -2.17. The second kappa shape index (κ2) is 19.9. The molecule has 0 aliphatic heterocycles. The number of carbonyl (C=O) groups excluding carboxylic acids is 2. The van der Waals surface area contributed by atoms with Gasteiger partial charge < -0.3 is 19.8 Å². The summed E-state index contributed by atoms with van der Waals surface area (Å²) in [5.41, 5.74) is 2.55. The molecule has 0 saturated heterocycles. The maximum absolute atomic E-state index is 8.89. The van der Waals surface area contributed by atoms with E-state index >= 15 is 0 Å². The van der Waals surface area contributed by atoms with Gasteiger partial charge in [-0.05, 0) is 13.8 Å². The van der Waals surface area contributed by atoms with Gasteiger partial charge in [0.15, 0.2) is 0 Å². The minimum Gasteiger partial charge on any atom is -0.550 e. The number of aliphatic carboxylic acids is 2. The molecule has 0 heterocycles. The van der Waals surface area contributed by atoms with Gasteiger partial charge in [0.25, 0.3) is 0 Å². The molecule has 0 aromatic heterocycles. The second-order valence-electron chi connectivity index (χ2n) is 3.92. The topological polar surface area (TPSA) is 80.3 Å². The van der Waals surface area contributed by atoms with Crippen LogP contribution in [0.4, 0.5) is 0 Å². The van der Waals surface area contributed by atoms with Gasteiger partial charge in [0, 0.05) is 11.9 Å². The Balaban J connectivity index is -0.0000000975. The van der Waals surface area contributed by atoms with Crippen molar-refractivity contribution >= 4 is 11.9 Å². The zero-order valence-electron chi connectivity index (χ0n) is 13.1. The molecule has 0 aromatic carbocycles. The molecule has 0 bridgehead atoms. The normalized spacial score (nSPS) is 12.4. The van der Waals surface area contributed by atoms with Gasteiger partial charge >= 0.3 is 34.1 Å². The van der Waals surface area contributed by atoms with E-state index in [2.05, 4.69) is 50.3 Å². The summed E-state index contributed by atoms with van der Waals surface area (Å²) >= 11 is 0.